The summed E-state index contributed by atoms with van der Waals surface area (Å²) in [7, 11) is 4.73. The van der Waals surface area contributed by atoms with Crippen molar-refractivity contribution in [2.45, 2.75) is 6.54 Å². The summed E-state index contributed by atoms with van der Waals surface area (Å²) < 4.78 is 21.2. The molecule has 1 aromatic rings. The number of carbonyl (C=O) groups is 1. The number of ether oxygens (including phenoxy) is 4. The maximum atomic E-state index is 12.1. The van der Waals surface area contributed by atoms with E-state index in [9.17, 15) is 4.79 Å². The third-order valence-electron chi connectivity index (χ3n) is 3.73. The first-order chi connectivity index (χ1) is 11.2. The molecule has 1 saturated heterocycles. The summed E-state index contributed by atoms with van der Waals surface area (Å²) in [4.78, 5) is 14.1. The van der Waals surface area contributed by atoms with Crippen LogP contribution in [0.15, 0.2) is 12.1 Å². The zero-order valence-corrected chi connectivity index (χ0v) is 13.9. The van der Waals surface area contributed by atoms with Gasteiger partial charge in [-0.15, -0.1) is 0 Å². The lowest BCUT2D eigenvalue weighted by Gasteiger charge is -2.25. The van der Waals surface area contributed by atoms with Crippen LogP contribution < -0.4 is 19.5 Å². The minimum atomic E-state index is -0.0243. The number of amides is 1. The van der Waals surface area contributed by atoms with Crippen molar-refractivity contribution >= 4 is 5.91 Å². The molecule has 1 heterocycles. The Morgan fingerprint density at radius 3 is 2.30 bits per heavy atom. The van der Waals surface area contributed by atoms with E-state index in [-0.39, 0.29) is 5.91 Å². The van der Waals surface area contributed by atoms with Gasteiger partial charge in [-0.2, -0.15) is 0 Å². The van der Waals surface area contributed by atoms with Crippen molar-refractivity contribution < 1.29 is 23.7 Å². The van der Waals surface area contributed by atoms with Crippen molar-refractivity contribution in [2.24, 2.45) is 0 Å². The molecule has 1 fully saturated rings. The van der Waals surface area contributed by atoms with Crippen LogP contribution in [0.3, 0.4) is 0 Å². The van der Waals surface area contributed by atoms with Gasteiger partial charge >= 0.3 is 0 Å². The molecule has 23 heavy (non-hydrogen) atoms. The van der Waals surface area contributed by atoms with Gasteiger partial charge in [0.1, 0.15) is 5.75 Å². The van der Waals surface area contributed by atoms with Crippen molar-refractivity contribution in [1.82, 2.24) is 10.2 Å². The second kappa shape index (κ2) is 8.59. The number of rotatable bonds is 7. The van der Waals surface area contributed by atoms with Crippen molar-refractivity contribution in [3.8, 4) is 17.2 Å². The second-order valence-corrected chi connectivity index (χ2v) is 5.18. The number of methoxy groups -OCH3 is 3. The van der Waals surface area contributed by atoms with E-state index < -0.39 is 0 Å². The van der Waals surface area contributed by atoms with E-state index in [1.165, 1.54) is 0 Å². The van der Waals surface area contributed by atoms with Crippen LogP contribution in [0.25, 0.3) is 0 Å². The van der Waals surface area contributed by atoms with E-state index >= 15 is 0 Å². The lowest BCUT2D eigenvalue weighted by molar-refractivity contribution is -0.123. The van der Waals surface area contributed by atoms with Gasteiger partial charge in [-0.05, 0) is 6.07 Å². The number of morpholine rings is 1. The lowest BCUT2D eigenvalue weighted by atomic mass is 10.1. The number of nitrogens with zero attached hydrogens (tertiary/aromatic N) is 1. The smallest absolute Gasteiger partial charge is 0.234 e. The van der Waals surface area contributed by atoms with Gasteiger partial charge in [0.2, 0.25) is 5.91 Å². The molecule has 1 aromatic carbocycles. The largest absolute Gasteiger partial charge is 0.496 e. The molecule has 0 aliphatic carbocycles. The minimum Gasteiger partial charge on any atom is -0.496 e. The molecule has 0 saturated carbocycles. The van der Waals surface area contributed by atoms with Crippen LogP contribution in [0.5, 0.6) is 17.2 Å². The summed E-state index contributed by atoms with van der Waals surface area (Å²) in [5.41, 5.74) is 0.834. The van der Waals surface area contributed by atoms with Gasteiger partial charge in [-0.1, -0.05) is 0 Å². The zero-order valence-electron chi connectivity index (χ0n) is 13.9. The summed E-state index contributed by atoms with van der Waals surface area (Å²) in [5, 5.41) is 2.91. The fraction of sp³-hybridized carbons (Fsp3) is 0.562. The Labute approximate surface area is 136 Å². The molecule has 128 valence electrons. The number of hydrogen-bond donors (Lipinski definition) is 1. The summed E-state index contributed by atoms with van der Waals surface area (Å²) in [6.07, 6.45) is 0. The predicted octanol–water partition coefficient (Wildman–Crippen LogP) is 0.661. The highest BCUT2D eigenvalue weighted by Gasteiger charge is 2.16. The van der Waals surface area contributed by atoms with Crippen molar-refractivity contribution in [3.63, 3.8) is 0 Å². The van der Waals surface area contributed by atoms with E-state index in [0.29, 0.717) is 43.6 Å². The zero-order chi connectivity index (χ0) is 16.7. The van der Waals surface area contributed by atoms with Crippen LogP contribution in [0.1, 0.15) is 5.56 Å². The molecule has 0 aromatic heterocycles. The van der Waals surface area contributed by atoms with E-state index in [2.05, 4.69) is 10.2 Å². The third kappa shape index (κ3) is 4.74. The standard InChI is InChI=1S/C16H24N2O5/c1-20-13-9-15(22-3)14(21-2)8-12(13)10-17-16(19)11-18-4-6-23-7-5-18/h8-9H,4-7,10-11H2,1-3H3,(H,17,19). The normalized spacial score (nSPS) is 15.1. The molecule has 0 radical (unpaired) electrons. The summed E-state index contributed by atoms with van der Waals surface area (Å²) in [6.45, 7) is 3.67. The number of benzene rings is 1. The van der Waals surface area contributed by atoms with Crippen LogP contribution >= 0.6 is 0 Å². The van der Waals surface area contributed by atoms with Gasteiger partial charge in [0, 0.05) is 31.3 Å². The Morgan fingerprint density at radius 2 is 1.70 bits per heavy atom. The molecule has 7 nitrogen and oxygen atoms in total. The van der Waals surface area contributed by atoms with E-state index in [4.69, 9.17) is 18.9 Å². The average Bonchev–Trinajstić information content (AvgIpc) is 2.59. The van der Waals surface area contributed by atoms with E-state index in [0.717, 1.165) is 18.7 Å². The van der Waals surface area contributed by atoms with Crippen molar-refractivity contribution in [2.75, 3.05) is 54.2 Å². The summed E-state index contributed by atoms with van der Waals surface area (Å²) in [6, 6.07) is 3.56. The molecule has 1 amide bonds. The summed E-state index contributed by atoms with van der Waals surface area (Å²) in [5.74, 6) is 1.82. The molecule has 0 spiro atoms. The Morgan fingerprint density at radius 1 is 1.09 bits per heavy atom. The maximum absolute atomic E-state index is 12.1. The highest BCUT2D eigenvalue weighted by Crippen LogP contribution is 2.34. The fourth-order valence-electron chi connectivity index (χ4n) is 2.44. The van der Waals surface area contributed by atoms with Gasteiger partial charge in [-0.25, -0.2) is 0 Å². The summed E-state index contributed by atoms with van der Waals surface area (Å²) >= 11 is 0. The SMILES string of the molecule is COc1cc(OC)c(OC)cc1CNC(=O)CN1CCOCC1. The topological polar surface area (TPSA) is 69.3 Å². The van der Waals surface area contributed by atoms with Gasteiger partial charge in [0.15, 0.2) is 11.5 Å². The predicted molar refractivity (Wildman–Crippen MR) is 85.2 cm³/mol. The first-order valence-electron chi connectivity index (χ1n) is 7.53. The first-order valence-corrected chi connectivity index (χ1v) is 7.53. The first kappa shape index (κ1) is 17.4. The number of hydrogen-bond acceptors (Lipinski definition) is 6. The van der Waals surface area contributed by atoms with Crippen molar-refractivity contribution in [1.29, 1.82) is 0 Å². The van der Waals surface area contributed by atoms with Crippen LogP contribution in [0, 0.1) is 0 Å². The molecule has 0 unspecified atom stereocenters. The van der Waals surface area contributed by atoms with Gasteiger partial charge in [0.25, 0.3) is 0 Å². The third-order valence-corrected chi connectivity index (χ3v) is 3.73. The van der Waals surface area contributed by atoms with Gasteiger partial charge < -0.3 is 24.3 Å². The molecule has 7 heteroatoms. The molecule has 0 bridgehead atoms. The molecular weight excluding hydrogens is 300 g/mol. The molecule has 1 aliphatic rings. The molecule has 0 atom stereocenters. The Bertz CT molecular complexity index is 529. The minimum absolute atomic E-state index is 0.0243. The fourth-order valence-corrected chi connectivity index (χ4v) is 2.44. The van der Waals surface area contributed by atoms with E-state index in [1.54, 1.807) is 27.4 Å². The molecule has 1 N–H and O–H groups in total. The number of nitrogens with one attached hydrogen (secondary N) is 1. The average molecular weight is 324 g/mol. The second-order valence-electron chi connectivity index (χ2n) is 5.18. The van der Waals surface area contributed by atoms with Crippen molar-refractivity contribution in [3.05, 3.63) is 17.7 Å². The molecule has 2 rings (SSSR count). The van der Waals surface area contributed by atoms with Gasteiger partial charge in [0.05, 0.1) is 41.1 Å². The lowest BCUT2D eigenvalue weighted by Crippen LogP contribution is -2.43. The Balaban J connectivity index is 1.97. The maximum Gasteiger partial charge on any atom is 0.234 e. The van der Waals surface area contributed by atoms with Gasteiger partial charge in [-0.3, -0.25) is 9.69 Å². The molecular formula is C16H24N2O5. The molecule has 1 aliphatic heterocycles. The Hall–Kier alpha value is -1.99. The van der Waals surface area contributed by atoms with Crippen LogP contribution in [-0.4, -0.2) is 65.0 Å². The highest BCUT2D eigenvalue weighted by atomic mass is 16.5. The quantitative estimate of drug-likeness (QED) is 0.795. The van der Waals surface area contributed by atoms with Crippen LogP contribution in [-0.2, 0) is 16.1 Å². The Kier molecular flexibility index (Phi) is 6.49. The number of carbonyl (C=O) groups excluding carboxylic acids is 1. The van der Waals surface area contributed by atoms with Crippen LogP contribution in [0.2, 0.25) is 0 Å². The van der Waals surface area contributed by atoms with Crippen LogP contribution in [0.4, 0.5) is 0 Å². The monoisotopic (exact) mass is 324 g/mol. The highest BCUT2D eigenvalue weighted by molar-refractivity contribution is 5.78. The van der Waals surface area contributed by atoms with E-state index in [1.807, 2.05) is 6.07 Å².